The molecule has 11 heavy (non-hydrogen) atoms. The molecule has 0 N–H and O–H groups in total. The number of fused-ring (bicyclic) bond motifs is 1. The summed E-state index contributed by atoms with van der Waals surface area (Å²) in [5, 5.41) is 0. The number of rotatable bonds is 0. The minimum Gasteiger partial charge on any atom is -0.256 e. The normalized spacial score (nSPS) is 33.3. The smallest absolute Gasteiger partial charge is 0.202 e. The molecule has 1 unspecified atom stereocenters. The summed E-state index contributed by atoms with van der Waals surface area (Å²) in [6.07, 6.45) is 8.05. The molecular weight excluding hydrogens is 209 g/mol. The van der Waals surface area contributed by atoms with Crippen LogP contribution in [0.15, 0.2) is 41.1 Å². The van der Waals surface area contributed by atoms with Gasteiger partial charge in [-0.1, -0.05) is 0 Å². The minimum absolute atomic E-state index is 0.831. The SMILES string of the molecule is FC1(Br)C=CC2=NC=CC2=C1. The molecule has 0 fully saturated rings. The topological polar surface area (TPSA) is 12.4 Å². The van der Waals surface area contributed by atoms with E-state index >= 15 is 0 Å². The van der Waals surface area contributed by atoms with Gasteiger partial charge >= 0.3 is 0 Å². The highest BCUT2D eigenvalue weighted by molar-refractivity contribution is 9.10. The van der Waals surface area contributed by atoms with Crippen molar-refractivity contribution in [2.75, 3.05) is 0 Å². The number of allylic oxidation sites excluding steroid dienone is 5. The van der Waals surface area contributed by atoms with Gasteiger partial charge in [0.2, 0.25) is 4.58 Å². The Morgan fingerprint density at radius 1 is 1.45 bits per heavy atom. The molecular formula is C8H5BrFN. The highest BCUT2D eigenvalue weighted by atomic mass is 79.9. The van der Waals surface area contributed by atoms with Crippen molar-refractivity contribution in [3.05, 3.63) is 36.1 Å². The van der Waals surface area contributed by atoms with Crippen LogP contribution in [0.5, 0.6) is 0 Å². The van der Waals surface area contributed by atoms with Crippen LogP contribution in [0.25, 0.3) is 0 Å². The monoisotopic (exact) mass is 213 g/mol. The number of halogens is 2. The molecule has 1 aliphatic carbocycles. The maximum Gasteiger partial charge on any atom is 0.202 e. The molecule has 0 aromatic carbocycles. The summed E-state index contributed by atoms with van der Waals surface area (Å²) < 4.78 is 11.7. The lowest BCUT2D eigenvalue weighted by atomic mass is 10.0. The Balaban J connectivity index is 2.45. The van der Waals surface area contributed by atoms with E-state index in [2.05, 4.69) is 20.9 Å². The summed E-state index contributed by atoms with van der Waals surface area (Å²) in [6, 6.07) is 0. The molecule has 0 bridgehead atoms. The van der Waals surface area contributed by atoms with Crippen LogP contribution in [-0.4, -0.2) is 10.3 Å². The van der Waals surface area contributed by atoms with Crippen LogP contribution in [-0.2, 0) is 0 Å². The van der Waals surface area contributed by atoms with Crippen LogP contribution in [0.3, 0.4) is 0 Å². The van der Waals surface area contributed by atoms with Crippen LogP contribution in [0.4, 0.5) is 4.39 Å². The van der Waals surface area contributed by atoms with Crippen molar-refractivity contribution in [3.8, 4) is 0 Å². The Morgan fingerprint density at radius 3 is 3.09 bits per heavy atom. The molecule has 0 spiro atoms. The van der Waals surface area contributed by atoms with Crippen LogP contribution in [0.2, 0.25) is 0 Å². The average molecular weight is 214 g/mol. The van der Waals surface area contributed by atoms with Crippen molar-refractivity contribution in [1.82, 2.24) is 0 Å². The lowest BCUT2D eigenvalue weighted by Gasteiger charge is -2.13. The van der Waals surface area contributed by atoms with Crippen molar-refractivity contribution in [2.45, 2.75) is 4.58 Å². The Labute approximate surface area is 72.1 Å². The largest absolute Gasteiger partial charge is 0.256 e. The maximum atomic E-state index is 13.2. The molecule has 1 atom stereocenters. The highest BCUT2D eigenvalue weighted by Gasteiger charge is 2.24. The van der Waals surface area contributed by atoms with Gasteiger partial charge in [-0.3, -0.25) is 4.99 Å². The second-order valence-corrected chi connectivity index (χ2v) is 3.65. The van der Waals surface area contributed by atoms with Crippen molar-refractivity contribution in [3.63, 3.8) is 0 Å². The fourth-order valence-corrected chi connectivity index (χ4v) is 1.44. The van der Waals surface area contributed by atoms with Gasteiger partial charge < -0.3 is 0 Å². The molecule has 0 aromatic rings. The molecule has 3 heteroatoms. The average Bonchev–Trinajstić information content (AvgIpc) is 2.31. The molecule has 0 amide bonds. The molecule has 1 nitrogen and oxygen atoms in total. The fraction of sp³-hybridized carbons (Fsp3) is 0.125. The number of alkyl halides is 2. The zero-order valence-corrected chi connectivity index (χ0v) is 7.18. The maximum absolute atomic E-state index is 13.2. The van der Waals surface area contributed by atoms with Crippen LogP contribution < -0.4 is 0 Å². The van der Waals surface area contributed by atoms with E-state index in [4.69, 9.17) is 0 Å². The van der Waals surface area contributed by atoms with E-state index in [1.165, 1.54) is 12.2 Å². The third kappa shape index (κ3) is 1.20. The van der Waals surface area contributed by atoms with Crippen LogP contribution in [0.1, 0.15) is 0 Å². The number of aliphatic imine (C=N–C) groups is 1. The Morgan fingerprint density at radius 2 is 2.27 bits per heavy atom. The molecule has 0 saturated heterocycles. The van der Waals surface area contributed by atoms with Gasteiger partial charge in [-0.05, 0) is 40.2 Å². The van der Waals surface area contributed by atoms with Gasteiger partial charge in [0, 0.05) is 11.8 Å². The van der Waals surface area contributed by atoms with Crippen LogP contribution >= 0.6 is 15.9 Å². The highest BCUT2D eigenvalue weighted by Crippen LogP contribution is 2.30. The first kappa shape index (κ1) is 6.98. The summed E-state index contributed by atoms with van der Waals surface area (Å²) in [6.45, 7) is 0. The zero-order valence-electron chi connectivity index (χ0n) is 5.59. The van der Waals surface area contributed by atoms with Gasteiger partial charge in [-0.25, -0.2) is 4.39 Å². The summed E-state index contributed by atoms with van der Waals surface area (Å²) in [5.41, 5.74) is 1.67. The molecule has 0 aromatic heterocycles. The predicted octanol–water partition coefficient (Wildman–Crippen LogP) is 2.51. The molecule has 2 rings (SSSR count). The van der Waals surface area contributed by atoms with E-state index in [9.17, 15) is 4.39 Å². The van der Waals surface area contributed by atoms with E-state index in [1.54, 1.807) is 18.4 Å². The lowest BCUT2D eigenvalue weighted by Crippen LogP contribution is -2.13. The van der Waals surface area contributed by atoms with E-state index < -0.39 is 4.58 Å². The molecule has 1 heterocycles. The first-order valence-corrected chi connectivity index (χ1v) is 4.01. The van der Waals surface area contributed by atoms with E-state index in [0.717, 1.165) is 11.3 Å². The summed E-state index contributed by atoms with van der Waals surface area (Å²) in [7, 11) is 0. The summed E-state index contributed by atoms with van der Waals surface area (Å²) >= 11 is 2.91. The van der Waals surface area contributed by atoms with Gasteiger partial charge in [0.25, 0.3) is 0 Å². The van der Waals surface area contributed by atoms with Crippen molar-refractivity contribution in [2.24, 2.45) is 4.99 Å². The molecule has 56 valence electrons. The standard InChI is InChI=1S/C8H5BrFN/c9-8(10)3-1-7-6(5-8)2-4-11-7/h1-5H. The van der Waals surface area contributed by atoms with E-state index in [0.29, 0.717) is 0 Å². The molecule has 0 radical (unpaired) electrons. The van der Waals surface area contributed by atoms with Gasteiger partial charge in [0.1, 0.15) is 0 Å². The Kier molecular flexibility index (Phi) is 1.36. The molecule has 0 saturated carbocycles. The fourth-order valence-electron chi connectivity index (χ4n) is 1.06. The Bertz CT molecular complexity index is 310. The van der Waals surface area contributed by atoms with Crippen molar-refractivity contribution >= 4 is 21.6 Å². The van der Waals surface area contributed by atoms with Crippen LogP contribution in [0, 0.1) is 0 Å². The number of nitrogens with zero attached hydrogens (tertiary/aromatic N) is 1. The summed E-state index contributed by atoms with van der Waals surface area (Å²) in [4.78, 5) is 4.02. The Hall–Kier alpha value is -0.700. The quantitative estimate of drug-likeness (QED) is 0.549. The first-order valence-electron chi connectivity index (χ1n) is 3.22. The second kappa shape index (κ2) is 2.14. The van der Waals surface area contributed by atoms with Gasteiger partial charge in [-0.2, -0.15) is 0 Å². The number of hydrogen-bond acceptors (Lipinski definition) is 1. The zero-order chi connectivity index (χ0) is 7.90. The third-order valence-corrected chi connectivity index (χ3v) is 2.07. The van der Waals surface area contributed by atoms with E-state index in [1.807, 2.05) is 0 Å². The molecule has 1 aliphatic heterocycles. The van der Waals surface area contributed by atoms with E-state index in [-0.39, 0.29) is 0 Å². The van der Waals surface area contributed by atoms with Gasteiger partial charge in [-0.15, -0.1) is 0 Å². The van der Waals surface area contributed by atoms with Gasteiger partial charge in [0.15, 0.2) is 0 Å². The lowest BCUT2D eigenvalue weighted by molar-refractivity contribution is 0.435. The van der Waals surface area contributed by atoms with Crippen molar-refractivity contribution in [1.29, 1.82) is 0 Å². The first-order chi connectivity index (χ1) is 5.17. The summed E-state index contributed by atoms with van der Waals surface area (Å²) in [5.74, 6) is 0. The molecule has 2 aliphatic rings. The van der Waals surface area contributed by atoms with Gasteiger partial charge in [0.05, 0.1) is 5.71 Å². The second-order valence-electron chi connectivity index (χ2n) is 2.44. The number of hydrogen-bond donors (Lipinski definition) is 0. The predicted molar refractivity (Wildman–Crippen MR) is 46.6 cm³/mol. The third-order valence-electron chi connectivity index (χ3n) is 1.57. The van der Waals surface area contributed by atoms with Crippen molar-refractivity contribution < 1.29 is 4.39 Å². The minimum atomic E-state index is -1.49.